The largest absolute Gasteiger partial charge is 0.480 e. The van der Waals surface area contributed by atoms with Gasteiger partial charge in [0.1, 0.15) is 6.04 Å². The Morgan fingerprint density at radius 1 is 1.35 bits per heavy atom. The molecule has 20 heavy (non-hydrogen) atoms. The van der Waals surface area contributed by atoms with Crippen molar-refractivity contribution < 1.29 is 14.7 Å². The van der Waals surface area contributed by atoms with Gasteiger partial charge in [-0.1, -0.05) is 12.8 Å². The number of nitrogens with zero attached hydrogens (tertiary/aromatic N) is 2. The highest BCUT2D eigenvalue weighted by molar-refractivity contribution is 5.83. The first kappa shape index (κ1) is 15.1. The number of nitrogens with one attached hydrogen (secondary N) is 1. The smallest absolute Gasteiger partial charge is 0.326 e. The third-order valence-electron chi connectivity index (χ3n) is 4.62. The average molecular weight is 283 g/mol. The Labute approximate surface area is 120 Å². The number of aliphatic carboxylic acids is 1. The zero-order chi connectivity index (χ0) is 14.7. The fraction of sp³-hybridized carbons (Fsp3) is 0.857. The summed E-state index contributed by atoms with van der Waals surface area (Å²) in [7, 11) is 3.58. The van der Waals surface area contributed by atoms with Crippen LogP contribution < -0.4 is 5.32 Å². The Hall–Kier alpha value is -1.30. The van der Waals surface area contributed by atoms with E-state index < -0.39 is 12.0 Å². The Balaban J connectivity index is 2.12. The van der Waals surface area contributed by atoms with Crippen LogP contribution in [0, 0.1) is 5.92 Å². The summed E-state index contributed by atoms with van der Waals surface area (Å²) in [6.07, 6.45) is 4.87. The molecule has 2 amide bonds. The standard InChI is InChI=1S/C14H25N3O3/c1-15-7-8-16(2)14(20)17-11-6-4-3-5-10(11)9-12(17)13(18)19/h10-12,15H,3-9H2,1-2H3,(H,18,19). The minimum Gasteiger partial charge on any atom is -0.480 e. The van der Waals surface area contributed by atoms with E-state index in [2.05, 4.69) is 5.32 Å². The molecule has 3 unspecified atom stereocenters. The number of amides is 2. The van der Waals surface area contributed by atoms with Crippen molar-refractivity contribution in [3.05, 3.63) is 0 Å². The van der Waals surface area contributed by atoms with Gasteiger partial charge in [-0.3, -0.25) is 0 Å². The number of likely N-dealkylation sites (tertiary alicyclic amines) is 1. The molecule has 114 valence electrons. The molecule has 0 aromatic carbocycles. The first-order chi connectivity index (χ1) is 9.56. The first-order valence-electron chi connectivity index (χ1n) is 7.47. The number of fused-ring (bicyclic) bond motifs is 1. The van der Waals surface area contributed by atoms with Crippen LogP contribution >= 0.6 is 0 Å². The van der Waals surface area contributed by atoms with Crippen LogP contribution in [0.3, 0.4) is 0 Å². The van der Waals surface area contributed by atoms with E-state index in [1.54, 1.807) is 16.8 Å². The first-order valence-corrected chi connectivity index (χ1v) is 7.47. The summed E-state index contributed by atoms with van der Waals surface area (Å²) in [5.74, 6) is -0.499. The lowest BCUT2D eigenvalue weighted by Crippen LogP contribution is -2.52. The molecule has 0 radical (unpaired) electrons. The maximum atomic E-state index is 12.6. The number of carbonyl (C=O) groups is 2. The molecule has 0 aromatic heterocycles. The quantitative estimate of drug-likeness (QED) is 0.806. The maximum absolute atomic E-state index is 12.6. The van der Waals surface area contributed by atoms with Crippen LogP contribution in [0.5, 0.6) is 0 Å². The number of hydrogen-bond acceptors (Lipinski definition) is 3. The number of rotatable bonds is 4. The molecule has 1 aliphatic heterocycles. The Bertz CT molecular complexity index is 375. The van der Waals surface area contributed by atoms with Crippen LogP contribution in [0.1, 0.15) is 32.1 Å². The lowest BCUT2D eigenvalue weighted by Gasteiger charge is -2.35. The van der Waals surface area contributed by atoms with E-state index in [0.717, 1.165) is 25.7 Å². The number of hydrogen-bond donors (Lipinski definition) is 2. The Morgan fingerprint density at radius 2 is 2.05 bits per heavy atom. The summed E-state index contributed by atoms with van der Waals surface area (Å²) in [5, 5.41) is 12.4. The highest BCUT2D eigenvalue weighted by Gasteiger charge is 2.48. The fourth-order valence-electron chi connectivity index (χ4n) is 3.53. The van der Waals surface area contributed by atoms with Crippen molar-refractivity contribution in [1.29, 1.82) is 0 Å². The Kier molecular flexibility index (Phi) is 4.86. The third-order valence-corrected chi connectivity index (χ3v) is 4.62. The Morgan fingerprint density at radius 3 is 2.70 bits per heavy atom. The monoisotopic (exact) mass is 283 g/mol. The lowest BCUT2D eigenvalue weighted by atomic mass is 9.85. The molecule has 2 fully saturated rings. The van der Waals surface area contributed by atoms with Gasteiger partial charge >= 0.3 is 12.0 Å². The molecule has 1 aliphatic carbocycles. The van der Waals surface area contributed by atoms with E-state index in [4.69, 9.17) is 0 Å². The molecule has 2 rings (SSSR count). The van der Waals surface area contributed by atoms with Crippen LogP contribution in [-0.2, 0) is 4.79 Å². The van der Waals surface area contributed by atoms with Crippen molar-refractivity contribution in [2.75, 3.05) is 27.2 Å². The molecule has 1 saturated carbocycles. The molecule has 3 atom stereocenters. The van der Waals surface area contributed by atoms with Gasteiger partial charge in [0.25, 0.3) is 0 Å². The summed E-state index contributed by atoms with van der Waals surface area (Å²) < 4.78 is 0. The second-order valence-electron chi connectivity index (χ2n) is 5.92. The molecule has 1 saturated heterocycles. The molecule has 0 spiro atoms. The molecule has 1 heterocycles. The summed E-state index contributed by atoms with van der Waals surface area (Å²) in [5.41, 5.74) is 0. The van der Waals surface area contributed by atoms with Gasteiger partial charge in [-0.25, -0.2) is 9.59 Å². The van der Waals surface area contributed by atoms with E-state index >= 15 is 0 Å². The fourth-order valence-corrected chi connectivity index (χ4v) is 3.53. The molecular weight excluding hydrogens is 258 g/mol. The van der Waals surface area contributed by atoms with Crippen LogP contribution in [0.25, 0.3) is 0 Å². The van der Waals surface area contributed by atoms with Crippen molar-refractivity contribution >= 4 is 12.0 Å². The zero-order valence-corrected chi connectivity index (χ0v) is 12.3. The highest BCUT2D eigenvalue weighted by atomic mass is 16.4. The number of carbonyl (C=O) groups excluding carboxylic acids is 1. The van der Waals surface area contributed by atoms with E-state index in [1.165, 1.54) is 0 Å². The average Bonchev–Trinajstić information content (AvgIpc) is 2.83. The van der Waals surface area contributed by atoms with Gasteiger partial charge in [-0.15, -0.1) is 0 Å². The lowest BCUT2D eigenvalue weighted by molar-refractivity contribution is -0.141. The van der Waals surface area contributed by atoms with Gasteiger partial charge in [-0.2, -0.15) is 0 Å². The molecule has 0 bridgehead atoms. The molecule has 2 aliphatic rings. The second kappa shape index (κ2) is 6.43. The molecule has 2 N–H and O–H groups in total. The highest BCUT2D eigenvalue weighted by Crippen LogP contribution is 2.40. The van der Waals surface area contributed by atoms with Crippen molar-refractivity contribution in [2.45, 2.75) is 44.2 Å². The predicted molar refractivity (Wildman–Crippen MR) is 75.6 cm³/mol. The van der Waals surface area contributed by atoms with E-state index in [9.17, 15) is 14.7 Å². The van der Waals surface area contributed by atoms with Crippen molar-refractivity contribution in [2.24, 2.45) is 5.92 Å². The SMILES string of the molecule is CNCCN(C)C(=O)N1C(C(=O)O)CC2CCCCC21. The van der Waals surface area contributed by atoms with E-state index in [0.29, 0.717) is 25.4 Å². The number of carboxylic acid groups (broad SMARTS) is 1. The molecule has 6 heteroatoms. The summed E-state index contributed by atoms with van der Waals surface area (Å²) >= 11 is 0. The minimum atomic E-state index is -0.866. The minimum absolute atomic E-state index is 0.120. The van der Waals surface area contributed by atoms with Crippen molar-refractivity contribution in [3.63, 3.8) is 0 Å². The number of urea groups is 1. The van der Waals surface area contributed by atoms with Crippen LogP contribution in [0.2, 0.25) is 0 Å². The molecule has 0 aromatic rings. The number of likely N-dealkylation sites (N-methyl/N-ethyl adjacent to an activating group) is 2. The summed E-state index contributed by atoms with van der Waals surface area (Å²) in [4.78, 5) is 27.3. The van der Waals surface area contributed by atoms with Gasteiger partial charge < -0.3 is 20.2 Å². The molecular formula is C14H25N3O3. The van der Waals surface area contributed by atoms with Gasteiger partial charge in [-0.05, 0) is 32.2 Å². The van der Waals surface area contributed by atoms with Gasteiger partial charge in [0.2, 0.25) is 0 Å². The normalized spacial score (nSPS) is 29.1. The third kappa shape index (κ3) is 2.90. The molecule has 6 nitrogen and oxygen atoms in total. The van der Waals surface area contributed by atoms with Crippen molar-refractivity contribution in [3.8, 4) is 0 Å². The zero-order valence-electron chi connectivity index (χ0n) is 12.3. The van der Waals surface area contributed by atoms with Gasteiger partial charge in [0.05, 0.1) is 0 Å². The van der Waals surface area contributed by atoms with Crippen LogP contribution in [0.4, 0.5) is 4.79 Å². The second-order valence-corrected chi connectivity index (χ2v) is 5.92. The summed E-state index contributed by atoms with van der Waals surface area (Å²) in [6.45, 7) is 1.30. The van der Waals surface area contributed by atoms with Gasteiger partial charge in [0.15, 0.2) is 0 Å². The predicted octanol–water partition coefficient (Wildman–Crippen LogP) is 0.975. The van der Waals surface area contributed by atoms with Crippen molar-refractivity contribution in [1.82, 2.24) is 15.1 Å². The number of carboxylic acids is 1. The van der Waals surface area contributed by atoms with E-state index in [-0.39, 0.29) is 12.1 Å². The maximum Gasteiger partial charge on any atom is 0.326 e. The van der Waals surface area contributed by atoms with Gasteiger partial charge in [0, 0.05) is 26.2 Å². The topological polar surface area (TPSA) is 72.9 Å². The van der Waals surface area contributed by atoms with Crippen LogP contribution in [-0.4, -0.2) is 66.2 Å². The van der Waals surface area contributed by atoms with Crippen LogP contribution in [0.15, 0.2) is 0 Å². The summed E-state index contributed by atoms with van der Waals surface area (Å²) in [6, 6.07) is -0.663. The van der Waals surface area contributed by atoms with E-state index in [1.807, 2.05) is 7.05 Å².